The van der Waals surface area contributed by atoms with Gasteiger partial charge in [0.15, 0.2) is 0 Å². The molecule has 1 fully saturated rings. The lowest BCUT2D eigenvalue weighted by Crippen LogP contribution is -2.57. The van der Waals surface area contributed by atoms with Gasteiger partial charge in [-0.05, 0) is 38.9 Å². The van der Waals surface area contributed by atoms with Gasteiger partial charge < -0.3 is 11.1 Å². The van der Waals surface area contributed by atoms with Crippen molar-refractivity contribution in [1.82, 2.24) is 5.32 Å². The van der Waals surface area contributed by atoms with Crippen molar-refractivity contribution in [1.29, 1.82) is 0 Å². The predicted molar refractivity (Wildman–Crippen MR) is 78.2 cm³/mol. The Morgan fingerprint density at radius 1 is 1.59 bits per heavy atom. The highest BCUT2D eigenvalue weighted by Gasteiger charge is 2.50. The summed E-state index contributed by atoms with van der Waals surface area (Å²) in [6.45, 7) is 6.98. The molecular formula is C12H22N2OS2. The number of carbonyl (C=O) groups excluding carboxylic acids is 1. The van der Waals surface area contributed by atoms with E-state index in [4.69, 9.17) is 18.0 Å². The average molecular weight is 274 g/mol. The summed E-state index contributed by atoms with van der Waals surface area (Å²) in [5, 5.41) is 2.99. The third kappa shape index (κ3) is 3.13. The first-order chi connectivity index (χ1) is 7.73. The van der Waals surface area contributed by atoms with E-state index in [1.807, 2.05) is 6.26 Å². The molecule has 1 rings (SSSR count). The van der Waals surface area contributed by atoms with Gasteiger partial charge in [-0.1, -0.05) is 19.1 Å². The second-order valence-electron chi connectivity index (χ2n) is 5.61. The van der Waals surface area contributed by atoms with Crippen molar-refractivity contribution in [2.45, 2.75) is 38.4 Å². The largest absolute Gasteiger partial charge is 0.392 e. The summed E-state index contributed by atoms with van der Waals surface area (Å²) in [7, 11) is 0. The molecule has 1 aliphatic rings. The molecule has 0 bridgehead atoms. The number of nitrogens with one attached hydrogen (secondary N) is 1. The van der Waals surface area contributed by atoms with Gasteiger partial charge >= 0.3 is 0 Å². The van der Waals surface area contributed by atoms with Crippen molar-refractivity contribution in [2.24, 2.45) is 17.1 Å². The Kier molecular flexibility index (Phi) is 4.47. The quantitative estimate of drug-likeness (QED) is 0.752. The molecule has 0 aliphatic heterocycles. The maximum Gasteiger partial charge on any atom is 0.233 e. The van der Waals surface area contributed by atoms with Crippen LogP contribution in [0.25, 0.3) is 0 Å². The molecular weight excluding hydrogens is 252 g/mol. The Labute approximate surface area is 113 Å². The van der Waals surface area contributed by atoms with Crippen LogP contribution in [-0.2, 0) is 4.79 Å². The number of amides is 1. The summed E-state index contributed by atoms with van der Waals surface area (Å²) < 4.78 is 0.0441. The molecule has 17 heavy (non-hydrogen) atoms. The Balaban J connectivity index is 2.60. The van der Waals surface area contributed by atoms with E-state index in [2.05, 4.69) is 26.1 Å². The van der Waals surface area contributed by atoms with Crippen molar-refractivity contribution in [3.05, 3.63) is 0 Å². The molecule has 0 aromatic heterocycles. The molecule has 98 valence electrons. The minimum absolute atomic E-state index is 0.00484. The normalized spacial score (nSPS) is 28.4. The lowest BCUT2D eigenvalue weighted by molar-refractivity contribution is -0.132. The minimum Gasteiger partial charge on any atom is -0.392 e. The molecule has 3 nitrogen and oxygen atoms in total. The first kappa shape index (κ1) is 14.8. The van der Waals surface area contributed by atoms with Gasteiger partial charge in [-0.25, -0.2) is 0 Å². The Morgan fingerprint density at radius 3 is 2.47 bits per heavy atom. The Bertz CT molecular complexity index is 322. The molecule has 0 radical (unpaired) electrons. The summed E-state index contributed by atoms with van der Waals surface area (Å²) in [5.41, 5.74) is 5.15. The fourth-order valence-corrected chi connectivity index (χ4v) is 2.64. The van der Waals surface area contributed by atoms with Gasteiger partial charge in [0.25, 0.3) is 0 Å². The third-order valence-electron chi connectivity index (χ3n) is 3.53. The average Bonchev–Trinajstić information content (AvgIpc) is 2.20. The van der Waals surface area contributed by atoms with Crippen molar-refractivity contribution in [3.8, 4) is 0 Å². The van der Waals surface area contributed by atoms with Gasteiger partial charge in [0.2, 0.25) is 5.91 Å². The van der Waals surface area contributed by atoms with Gasteiger partial charge in [-0.3, -0.25) is 4.79 Å². The maximum absolute atomic E-state index is 12.2. The van der Waals surface area contributed by atoms with E-state index in [0.717, 1.165) is 12.8 Å². The van der Waals surface area contributed by atoms with Crippen molar-refractivity contribution < 1.29 is 4.79 Å². The van der Waals surface area contributed by atoms with Crippen LogP contribution in [0.15, 0.2) is 0 Å². The van der Waals surface area contributed by atoms with E-state index in [1.165, 1.54) is 0 Å². The van der Waals surface area contributed by atoms with Gasteiger partial charge in [0.1, 0.15) is 0 Å². The molecule has 0 spiro atoms. The van der Waals surface area contributed by atoms with Crippen molar-refractivity contribution >= 4 is 34.9 Å². The van der Waals surface area contributed by atoms with Gasteiger partial charge in [0, 0.05) is 11.3 Å². The van der Waals surface area contributed by atoms with Crippen LogP contribution < -0.4 is 11.1 Å². The molecule has 0 aromatic rings. The second-order valence-corrected chi connectivity index (χ2v) is 7.56. The van der Waals surface area contributed by atoms with E-state index in [1.54, 1.807) is 11.8 Å². The Hall–Kier alpha value is -0.290. The van der Waals surface area contributed by atoms with Crippen LogP contribution in [0.4, 0.5) is 0 Å². The lowest BCUT2D eigenvalue weighted by Gasteiger charge is -2.44. The number of rotatable bonds is 5. The summed E-state index contributed by atoms with van der Waals surface area (Å²) in [5.74, 6) is 0.543. The molecule has 0 unspecified atom stereocenters. The number of hydrogen-bond acceptors (Lipinski definition) is 3. The van der Waals surface area contributed by atoms with Crippen LogP contribution in [0.5, 0.6) is 0 Å². The van der Waals surface area contributed by atoms with Crippen LogP contribution in [-0.4, -0.2) is 28.4 Å². The molecule has 3 N–H and O–H groups in total. The van der Waals surface area contributed by atoms with Crippen molar-refractivity contribution in [2.75, 3.05) is 12.8 Å². The number of carbonyl (C=O) groups is 1. The lowest BCUT2D eigenvalue weighted by atomic mass is 9.62. The summed E-state index contributed by atoms with van der Waals surface area (Å²) in [6, 6.07) is 0. The zero-order chi connectivity index (χ0) is 13.3. The summed E-state index contributed by atoms with van der Waals surface area (Å²) in [4.78, 5) is 12.6. The number of nitrogens with two attached hydrogens (primary N) is 1. The van der Waals surface area contributed by atoms with Gasteiger partial charge in [-0.15, -0.1) is 0 Å². The second kappa shape index (κ2) is 5.14. The van der Waals surface area contributed by atoms with Crippen LogP contribution in [0.2, 0.25) is 0 Å². The fraction of sp³-hybridized carbons (Fsp3) is 0.833. The number of thiocarbonyl (C=S) groups is 1. The zero-order valence-electron chi connectivity index (χ0n) is 11.0. The van der Waals surface area contributed by atoms with Crippen LogP contribution in [0, 0.1) is 11.3 Å². The minimum atomic E-state index is -0.580. The van der Waals surface area contributed by atoms with Crippen LogP contribution in [0.1, 0.15) is 33.6 Å². The first-order valence-electron chi connectivity index (χ1n) is 5.87. The first-order valence-corrected chi connectivity index (χ1v) is 7.50. The number of thioether (sulfide) groups is 1. The van der Waals surface area contributed by atoms with Gasteiger partial charge in [-0.2, -0.15) is 11.8 Å². The molecule has 0 aromatic carbocycles. The highest BCUT2D eigenvalue weighted by molar-refractivity contribution is 7.99. The van der Waals surface area contributed by atoms with Crippen molar-refractivity contribution in [3.63, 3.8) is 0 Å². The molecule has 1 aliphatic carbocycles. The van der Waals surface area contributed by atoms with Crippen LogP contribution in [0.3, 0.4) is 0 Å². The van der Waals surface area contributed by atoms with Gasteiger partial charge in [0.05, 0.1) is 10.4 Å². The predicted octanol–water partition coefficient (Wildman–Crippen LogP) is 1.95. The fourth-order valence-electron chi connectivity index (χ4n) is 2.16. The molecule has 1 saturated carbocycles. The van der Waals surface area contributed by atoms with E-state index in [0.29, 0.717) is 17.5 Å². The smallest absolute Gasteiger partial charge is 0.233 e. The molecule has 1 amide bonds. The topological polar surface area (TPSA) is 55.1 Å². The summed E-state index contributed by atoms with van der Waals surface area (Å²) in [6.07, 6.45) is 3.61. The maximum atomic E-state index is 12.2. The molecule has 0 heterocycles. The van der Waals surface area contributed by atoms with E-state index >= 15 is 0 Å². The van der Waals surface area contributed by atoms with E-state index in [-0.39, 0.29) is 10.7 Å². The Morgan fingerprint density at radius 2 is 2.12 bits per heavy atom. The molecule has 5 heteroatoms. The third-order valence-corrected chi connectivity index (χ3v) is 5.17. The van der Waals surface area contributed by atoms with E-state index < -0.39 is 5.41 Å². The van der Waals surface area contributed by atoms with Crippen LogP contribution >= 0.6 is 24.0 Å². The summed E-state index contributed by atoms with van der Waals surface area (Å²) >= 11 is 6.79. The van der Waals surface area contributed by atoms with E-state index in [9.17, 15) is 4.79 Å². The molecule has 0 atom stereocenters. The standard InChI is InChI=1S/C12H22N2OS2/c1-8-5-12(6-8,9(13)16)10(15)14-7-11(2,3)17-4/h8H,5-7H2,1-4H3,(H2,13,16)(H,14,15). The highest BCUT2D eigenvalue weighted by Crippen LogP contribution is 2.46. The SMILES string of the molecule is CSC(C)(C)CNC(=O)C1(C(N)=S)CC(C)C1. The number of hydrogen-bond donors (Lipinski definition) is 2. The zero-order valence-corrected chi connectivity index (χ0v) is 12.6. The monoisotopic (exact) mass is 274 g/mol. The highest BCUT2D eigenvalue weighted by atomic mass is 32.2. The molecule has 0 saturated heterocycles.